The van der Waals surface area contributed by atoms with E-state index in [2.05, 4.69) is 0 Å². The van der Waals surface area contributed by atoms with Gasteiger partial charge in [0.15, 0.2) is 11.6 Å². The third kappa shape index (κ3) is 2.33. The van der Waals surface area contributed by atoms with Crippen LogP contribution in [0.2, 0.25) is 0 Å². The Labute approximate surface area is 94.8 Å². The minimum Gasteiger partial charge on any atom is -0.487 e. The second-order valence-corrected chi connectivity index (χ2v) is 3.86. The van der Waals surface area contributed by atoms with Crippen LogP contribution in [0, 0.1) is 21.7 Å². The topological polar surface area (TPSA) is 72.6 Å². The first-order chi connectivity index (χ1) is 7.97. The highest BCUT2D eigenvalue weighted by Crippen LogP contribution is 2.31. The minimum atomic E-state index is -1.15. The maximum atomic E-state index is 13.3. The molecule has 5 nitrogen and oxygen atoms in total. The molecule has 1 aromatic carbocycles. The lowest BCUT2D eigenvalue weighted by Gasteiger charge is -2.31. The lowest BCUT2D eigenvalue weighted by Crippen LogP contribution is -2.37. The molecule has 1 fully saturated rings. The standard InChI is InChI=1S/C10H9F2NO4/c11-7-4-10(17-6-1-5(14)2-6)8(12)3-9(7)13(15)16/h3-6,14H,1-2H2. The maximum absolute atomic E-state index is 13.3. The third-order valence-corrected chi connectivity index (χ3v) is 2.56. The van der Waals surface area contributed by atoms with E-state index >= 15 is 0 Å². The molecule has 0 atom stereocenters. The maximum Gasteiger partial charge on any atom is 0.307 e. The van der Waals surface area contributed by atoms with Gasteiger partial charge in [0, 0.05) is 18.9 Å². The lowest BCUT2D eigenvalue weighted by atomic mass is 9.92. The Hall–Kier alpha value is -1.76. The van der Waals surface area contributed by atoms with E-state index in [0.717, 1.165) is 0 Å². The molecule has 0 aliphatic heterocycles. The van der Waals surface area contributed by atoms with Crippen LogP contribution in [0.1, 0.15) is 12.8 Å². The summed E-state index contributed by atoms with van der Waals surface area (Å²) in [6, 6.07) is 1.14. The summed E-state index contributed by atoms with van der Waals surface area (Å²) in [6.07, 6.45) is -0.165. The smallest absolute Gasteiger partial charge is 0.307 e. The number of ether oxygens (including phenoxy) is 1. The van der Waals surface area contributed by atoms with Crippen LogP contribution >= 0.6 is 0 Å². The summed E-state index contributed by atoms with van der Waals surface area (Å²) in [5.41, 5.74) is -0.927. The zero-order chi connectivity index (χ0) is 12.6. The van der Waals surface area contributed by atoms with Crippen LogP contribution in [-0.4, -0.2) is 22.2 Å². The van der Waals surface area contributed by atoms with Crippen molar-refractivity contribution in [2.24, 2.45) is 0 Å². The number of hydrogen-bond donors (Lipinski definition) is 1. The van der Waals surface area contributed by atoms with E-state index < -0.39 is 28.3 Å². The van der Waals surface area contributed by atoms with E-state index in [1.165, 1.54) is 0 Å². The van der Waals surface area contributed by atoms with Crippen LogP contribution in [0.25, 0.3) is 0 Å². The molecule has 7 heteroatoms. The van der Waals surface area contributed by atoms with Crippen molar-refractivity contribution in [2.45, 2.75) is 25.0 Å². The molecule has 0 bridgehead atoms. The molecule has 0 spiro atoms. The predicted molar refractivity (Wildman–Crippen MR) is 52.7 cm³/mol. The van der Waals surface area contributed by atoms with E-state index in [-0.39, 0.29) is 11.9 Å². The number of nitro groups is 1. The van der Waals surface area contributed by atoms with Crippen molar-refractivity contribution in [2.75, 3.05) is 0 Å². The Bertz CT molecular complexity index is 460. The molecule has 0 aromatic heterocycles. The van der Waals surface area contributed by atoms with Crippen molar-refractivity contribution in [3.05, 3.63) is 33.9 Å². The second kappa shape index (κ2) is 4.25. The highest BCUT2D eigenvalue weighted by atomic mass is 19.1. The van der Waals surface area contributed by atoms with E-state index in [1.54, 1.807) is 0 Å². The molecule has 1 saturated carbocycles. The van der Waals surface area contributed by atoms with Crippen LogP contribution in [0.15, 0.2) is 12.1 Å². The predicted octanol–water partition coefficient (Wildman–Crippen LogP) is 1.78. The Morgan fingerprint density at radius 2 is 2.00 bits per heavy atom. The van der Waals surface area contributed by atoms with Gasteiger partial charge in [-0.05, 0) is 0 Å². The highest BCUT2D eigenvalue weighted by molar-refractivity contribution is 5.39. The molecule has 2 rings (SSSR count). The molecule has 0 saturated heterocycles. The second-order valence-electron chi connectivity index (χ2n) is 3.86. The fourth-order valence-corrected chi connectivity index (χ4v) is 1.56. The van der Waals surface area contributed by atoms with Crippen molar-refractivity contribution in [3.8, 4) is 5.75 Å². The number of rotatable bonds is 3. The van der Waals surface area contributed by atoms with Gasteiger partial charge in [-0.15, -0.1) is 0 Å². The van der Waals surface area contributed by atoms with Gasteiger partial charge in [-0.1, -0.05) is 0 Å². The van der Waals surface area contributed by atoms with Gasteiger partial charge in [0.05, 0.1) is 17.1 Å². The first kappa shape index (κ1) is 11.7. The number of aliphatic hydroxyl groups excluding tert-OH is 1. The monoisotopic (exact) mass is 245 g/mol. The summed E-state index contributed by atoms with van der Waals surface area (Å²) < 4.78 is 31.6. The zero-order valence-corrected chi connectivity index (χ0v) is 8.60. The van der Waals surface area contributed by atoms with Crippen molar-refractivity contribution in [3.63, 3.8) is 0 Å². The molecule has 17 heavy (non-hydrogen) atoms. The van der Waals surface area contributed by atoms with Crippen LogP contribution in [0.5, 0.6) is 5.75 Å². The number of benzene rings is 1. The van der Waals surface area contributed by atoms with E-state index in [9.17, 15) is 18.9 Å². The summed E-state index contributed by atoms with van der Waals surface area (Å²) in [5.74, 6) is -2.50. The number of aliphatic hydroxyl groups is 1. The number of nitro benzene ring substituents is 1. The fourth-order valence-electron chi connectivity index (χ4n) is 1.56. The summed E-state index contributed by atoms with van der Waals surface area (Å²) in [5, 5.41) is 19.3. The van der Waals surface area contributed by atoms with Crippen molar-refractivity contribution in [1.82, 2.24) is 0 Å². The van der Waals surface area contributed by atoms with Crippen LogP contribution in [0.3, 0.4) is 0 Å². The van der Waals surface area contributed by atoms with E-state index in [4.69, 9.17) is 9.84 Å². The summed E-state index contributed by atoms with van der Waals surface area (Å²) in [6.45, 7) is 0. The summed E-state index contributed by atoms with van der Waals surface area (Å²) in [4.78, 5) is 9.34. The zero-order valence-electron chi connectivity index (χ0n) is 8.60. The summed E-state index contributed by atoms with van der Waals surface area (Å²) in [7, 11) is 0. The molecule has 0 radical (unpaired) electrons. The Kier molecular flexibility index (Phi) is 2.93. The quantitative estimate of drug-likeness (QED) is 0.650. The molecular weight excluding hydrogens is 236 g/mol. The van der Waals surface area contributed by atoms with E-state index in [1.807, 2.05) is 0 Å². The van der Waals surface area contributed by atoms with Crippen LogP contribution in [-0.2, 0) is 0 Å². The largest absolute Gasteiger partial charge is 0.487 e. The summed E-state index contributed by atoms with van der Waals surface area (Å²) >= 11 is 0. The molecule has 1 N–H and O–H groups in total. The minimum absolute atomic E-state index is 0.345. The Morgan fingerprint density at radius 3 is 2.53 bits per heavy atom. The molecule has 1 aliphatic rings. The van der Waals surface area contributed by atoms with Gasteiger partial charge in [0.2, 0.25) is 5.82 Å². The van der Waals surface area contributed by atoms with Gasteiger partial charge in [-0.3, -0.25) is 10.1 Å². The highest BCUT2D eigenvalue weighted by Gasteiger charge is 2.30. The van der Waals surface area contributed by atoms with Crippen molar-refractivity contribution in [1.29, 1.82) is 0 Å². The van der Waals surface area contributed by atoms with Crippen molar-refractivity contribution >= 4 is 5.69 Å². The number of hydrogen-bond acceptors (Lipinski definition) is 4. The van der Waals surface area contributed by atoms with E-state index in [0.29, 0.717) is 25.0 Å². The third-order valence-electron chi connectivity index (χ3n) is 2.56. The van der Waals surface area contributed by atoms with Gasteiger partial charge in [-0.25, -0.2) is 4.39 Å². The average molecular weight is 245 g/mol. The van der Waals surface area contributed by atoms with Crippen LogP contribution < -0.4 is 4.74 Å². The van der Waals surface area contributed by atoms with Crippen molar-refractivity contribution < 1.29 is 23.5 Å². The average Bonchev–Trinajstić information content (AvgIpc) is 2.20. The van der Waals surface area contributed by atoms with Gasteiger partial charge >= 0.3 is 5.69 Å². The van der Waals surface area contributed by atoms with Gasteiger partial charge in [0.1, 0.15) is 6.10 Å². The van der Waals surface area contributed by atoms with Crippen LogP contribution in [0.4, 0.5) is 14.5 Å². The fraction of sp³-hybridized carbons (Fsp3) is 0.400. The number of nitrogens with zero attached hydrogens (tertiary/aromatic N) is 1. The van der Waals surface area contributed by atoms with Gasteiger partial charge < -0.3 is 9.84 Å². The Morgan fingerprint density at radius 1 is 1.35 bits per heavy atom. The molecule has 1 aliphatic carbocycles. The molecule has 0 heterocycles. The first-order valence-corrected chi connectivity index (χ1v) is 4.95. The SMILES string of the molecule is O=[N+]([O-])c1cc(F)c(OC2CC(O)C2)cc1F. The molecule has 0 unspecified atom stereocenters. The molecule has 0 amide bonds. The van der Waals surface area contributed by atoms with Gasteiger partial charge in [-0.2, -0.15) is 4.39 Å². The molecule has 92 valence electrons. The van der Waals surface area contributed by atoms with Gasteiger partial charge in [0.25, 0.3) is 0 Å². The number of halogens is 2. The molecular formula is C10H9F2NO4. The first-order valence-electron chi connectivity index (χ1n) is 4.95. The normalized spacial score (nSPS) is 23.0. The molecule has 1 aromatic rings. The Balaban J connectivity index is 2.18. The lowest BCUT2D eigenvalue weighted by molar-refractivity contribution is -0.387.